The van der Waals surface area contributed by atoms with E-state index < -0.39 is 15.8 Å². The number of sulfonamides is 1. The topological polar surface area (TPSA) is 99.1 Å². The summed E-state index contributed by atoms with van der Waals surface area (Å²) in [6, 6.07) is 4.57. The minimum Gasteiger partial charge on any atom is -0.355 e. The fourth-order valence-corrected chi connectivity index (χ4v) is 2.76. The molecule has 0 atom stereocenters. The molecule has 2 N–H and O–H groups in total. The van der Waals surface area contributed by atoms with Crippen molar-refractivity contribution in [3.05, 3.63) is 29.6 Å². The Morgan fingerprint density at radius 2 is 2.10 bits per heavy atom. The molecule has 1 aliphatic carbocycles. The van der Waals surface area contributed by atoms with Gasteiger partial charge in [0.25, 0.3) is 0 Å². The van der Waals surface area contributed by atoms with Crippen molar-refractivity contribution in [2.45, 2.75) is 17.7 Å². The third kappa shape index (κ3) is 4.00. The molecular formula is C13H14FN3O3S. The van der Waals surface area contributed by atoms with Crippen LogP contribution in [0, 0.1) is 23.1 Å². The summed E-state index contributed by atoms with van der Waals surface area (Å²) in [6.45, 7) is 0.209. The molecule has 0 spiro atoms. The van der Waals surface area contributed by atoms with Gasteiger partial charge in [-0.25, -0.2) is 17.5 Å². The number of carbonyl (C=O) groups excluding carboxylic acids is 1. The fraction of sp³-hybridized carbons (Fsp3) is 0.385. The van der Waals surface area contributed by atoms with Crippen LogP contribution in [-0.2, 0) is 14.8 Å². The van der Waals surface area contributed by atoms with E-state index in [1.165, 1.54) is 0 Å². The first-order valence-electron chi connectivity index (χ1n) is 6.41. The highest BCUT2D eigenvalue weighted by Crippen LogP contribution is 2.28. The van der Waals surface area contributed by atoms with Gasteiger partial charge in [0.15, 0.2) is 0 Å². The van der Waals surface area contributed by atoms with Gasteiger partial charge in [-0.1, -0.05) is 0 Å². The second-order valence-corrected chi connectivity index (χ2v) is 6.48. The Labute approximate surface area is 122 Å². The van der Waals surface area contributed by atoms with Gasteiger partial charge in [-0.05, 0) is 31.0 Å². The van der Waals surface area contributed by atoms with E-state index in [1.807, 2.05) is 0 Å². The van der Waals surface area contributed by atoms with Gasteiger partial charge < -0.3 is 5.32 Å². The molecule has 21 heavy (non-hydrogen) atoms. The molecule has 0 aromatic heterocycles. The van der Waals surface area contributed by atoms with E-state index in [9.17, 15) is 17.6 Å². The number of rotatable bonds is 6. The van der Waals surface area contributed by atoms with Crippen molar-refractivity contribution in [1.29, 1.82) is 5.26 Å². The normalized spacial score (nSPS) is 14.5. The average molecular weight is 311 g/mol. The zero-order valence-electron chi connectivity index (χ0n) is 11.1. The van der Waals surface area contributed by atoms with Gasteiger partial charge in [-0.3, -0.25) is 4.79 Å². The van der Waals surface area contributed by atoms with Crippen molar-refractivity contribution in [2.75, 3.05) is 13.1 Å². The molecular weight excluding hydrogens is 297 g/mol. The Hall–Kier alpha value is -1.98. The highest BCUT2D eigenvalue weighted by Gasteiger charge is 2.29. The number of nitrogens with zero attached hydrogens (tertiary/aromatic N) is 1. The van der Waals surface area contributed by atoms with Crippen molar-refractivity contribution < 1.29 is 17.6 Å². The van der Waals surface area contributed by atoms with Gasteiger partial charge in [0.1, 0.15) is 11.9 Å². The Balaban J connectivity index is 1.92. The number of nitriles is 1. The van der Waals surface area contributed by atoms with Crippen LogP contribution in [0.4, 0.5) is 4.39 Å². The molecule has 112 valence electrons. The van der Waals surface area contributed by atoms with Crippen LogP contribution in [0.25, 0.3) is 0 Å². The van der Waals surface area contributed by atoms with Crippen molar-refractivity contribution >= 4 is 15.9 Å². The number of benzene rings is 1. The van der Waals surface area contributed by atoms with Crippen LogP contribution in [0.1, 0.15) is 18.4 Å². The first-order valence-corrected chi connectivity index (χ1v) is 7.89. The van der Waals surface area contributed by atoms with E-state index >= 15 is 0 Å². The molecule has 0 bridgehead atoms. The smallest absolute Gasteiger partial charge is 0.240 e. The molecule has 0 unspecified atom stereocenters. The summed E-state index contributed by atoms with van der Waals surface area (Å²) in [5.74, 6) is -0.771. The predicted octanol–water partition coefficient (Wildman–Crippen LogP) is 0.502. The third-order valence-corrected chi connectivity index (χ3v) is 4.49. The summed E-state index contributed by atoms with van der Waals surface area (Å²) in [5, 5.41) is 11.3. The molecule has 1 saturated carbocycles. The lowest BCUT2D eigenvalue weighted by Gasteiger charge is -2.08. The lowest BCUT2D eigenvalue weighted by Crippen LogP contribution is -2.35. The number of hydrogen-bond donors (Lipinski definition) is 2. The van der Waals surface area contributed by atoms with Crippen LogP contribution in [0.15, 0.2) is 23.1 Å². The maximum absolute atomic E-state index is 13.1. The van der Waals surface area contributed by atoms with E-state index in [1.54, 1.807) is 6.07 Å². The minimum atomic E-state index is -3.83. The van der Waals surface area contributed by atoms with Crippen LogP contribution < -0.4 is 10.0 Å². The largest absolute Gasteiger partial charge is 0.355 e. The molecule has 8 heteroatoms. The molecule has 0 aliphatic heterocycles. The molecule has 0 heterocycles. The van der Waals surface area contributed by atoms with Crippen molar-refractivity contribution in [1.82, 2.24) is 10.0 Å². The zero-order chi connectivity index (χ0) is 15.5. The Bertz CT molecular complexity index is 693. The molecule has 0 saturated heterocycles. The summed E-state index contributed by atoms with van der Waals surface area (Å²) < 4.78 is 39.3. The van der Waals surface area contributed by atoms with Crippen LogP contribution in [-0.4, -0.2) is 27.4 Å². The number of amides is 1. The number of carbonyl (C=O) groups is 1. The quantitative estimate of drug-likeness (QED) is 0.747. The maximum Gasteiger partial charge on any atom is 0.240 e. The van der Waals surface area contributed by atoms with Gasteiger partial charge >= 0.3 is 0 Å². The minimum absolute atomic E-state index is 0.0278. The van der Waals surface area contributed by atoms with Gasteiger partial charge in [-0.2, -0.15) is 5.26 Å². The SMILES string of the molecule is N#Cc1cc(S(=O)(=O)NCCNC(=O)C2CC2)ccc1F. The fourth-order valence-electron chi connectivity index (χ4n) is 1.70. The summed E-state index contributed by atoms with van der Waals surface area (Å²) in [4.78, 5) is 11.2. The lowest BCUT2D eigenvalue weighted by atomic mass is 10.2. The third-order valence-electron chi connectivity index (χ3n) is 3.03. The van der Waals surface area contributed by atoms with Crippen LogP contribution in [0.5, 0.6) is 0 Å². The van der Waals surface area contributed by atoms with E-state index in [0.717, 1.165) is 31.0 Å². The highest BCUT2D eigenvalue weighted by molar-refractivity contribution is 7.89. The summed E-state index contributed by atoms with van der Waals surface area (Å²) >= 11 is 0. The second kappa shape index (κ2) is 6.20. The van der Waals surface area contributed by atoms with E-state index in [4.69, 9.17) is 5.26 Å². The number of nitrogens with one attached hydrogen (secondary N) is 2. The van der Waals surface area contributed by atoms with Crippen molar-refractivity contribution in [3.8, 4) is 6.07 Å². The van der Waals surface area contributed by atoms with E-state index in [2.05, 4.69) is 10.0 Å². The summed E-state index contributed by atoms with van der Waals surface area (Å²) in [5.41, 5.74) is -0.333. The molecule has 1 aromatic rings. The highest BCUT2D eigenvalue weighted by atomic mass is 32.2. The lowest BCUT2D eigenvalue weighted by molar-refractivity contribution is -0.122. The van der Waals surface area contributed by atoms with Gasteiger partial charge in [0.05, 0.1) is 10.5 Å². The Morgan fingerprint density at radius 1 is 1.38 bits per heavy atom. The molecule has 1 amide bonds. The number of hydrogen-bond acceptors (Lipinski definition) is 4. The molecule has 1 aliphatic rings. The van der Waals surface area contributed by atoms with Gasteiger partial charge in [0, 0.05) is 19.0 Å². The Morgan fingerprint density at radius 3 is 2.71 bits per heavy atom. The van der Waals surface area contributed by atoms with Gasteiger partial charge in [-0.15, -0.1) is 0 Å². The number of halogens is 1. The predicted molar refractivity (Wildman–Crippen MR) is 72.0 cm³/mol. The van der Waals surface area contributed by atoms with Crippen molar-refractivity contribution in [3.63, 3.8) is 0 Å². The van der Waals surface area contributed by atoms with E-state index in [0.29, 0.717) is 0 Å². The zero-order valence-corrected chi connectivity index (χ0v) is 11.9. The van der Waals surface area contributed by atoms with E-state index in [-0.39, 0.29) is 35.4 Å². The van der Waals surface area contributed by atoms with Crippen LogP contribution in [0.3, 0.4) is 0 Å². The summed E-state index contributed by atoms with van der Waals surface area (Å²) in [7, 11) is -3.83. The standard InChI is InChI=1S/C13H14FN3O3S/c14-12-4-3-11(7-10(12)8-15)21(19,20)17-6-5-16-13(18)9-1-2-9/h3-4,7,9,17H,1-2,5-6H2,(H,16,18). The van der Waals surface area contributed by atoms with Crippen LogP contribution in [0.2, 0.25) is 0 Å². The monoisotopic (exact) mass is 311 g/mol. The first kappa shape index (κ1) is 15.4. The molecule has 2 rings (SSSR count). The molecule has 1 fully saturated rings. The molecule has 1 aromatic carbocycles. The average Bonchev–Trinajstić information content (AvgIpc) is 3.28. The molecule has 6 nitrogen and oxygen atoms in total. The summed E-state index contributed by atoms with van der Waals surface area (Å²) in [6.07, 6.45) is 1.76. The molecule has 0 radical (unpaired) electrons. The maximum atomic E-state index is 13.1. The van der Waals surface area contributed by atoms with Crippen LogP contribution >= 0.6 is 0 Å². The Kier molecular flexibility index (Phi) is 4.55. The van der Waals surface area contributed by atoms with Crippen molar-refractivity contribution in [2.24, 2.45) is 5.92 Å². The van der Waals surface area contributed by atoms with Gasteiger partial charge in [0.2, 0.25) is 15.9 Å². The second-order valence-electron chi connectivity index (χ2n) is 4.72. The first-order chi connectivity index (χ1) is 9.94.